The first kappa shape index (κ1) is 9.97. The van der Waals surface area contributed by atoms with Gasteiger partial charge in [-0.05, 0) is 30.2 Å². The summed E-state index contributed by atoms with van der Waals surface area (Å²) in [6, 6.07) is 7.52. The van der Waals surface area contributed by atoms with E-state index in [4.69, 9.17) is 5.26 Å². The van der Waals surface area contributed by atoms with Crippen LogP contribution >= 0.6 is 0 Å². The van der Waals surface area contributed by atoms with Crippen molar-refractivity contribution in [2.45, 2.75) is 19.6 Å². The number of benzene rings is 1. The van der Waals surface area contributed by atoms with Crippen LogP contribution in [0.3, 0.4) is 0 Å². The molecule has 1 aromatic carbocycles. The molecule has 78 valence electrons. The number of anilines is 1. The van der Waals surface area contributed by atoms with Crippen molar-refractivity contribution in [2.24, 2.45) is 5.92 Å². The van der Waals surface area contributed by atoms with Crippen molar-refractivity contribution < 1.29 is 4.39 Å². The topological polar surface area (TPSA) is 27.0 Å². The van der Waals surface area contributed by atoms with Gasteiger partial charge in [0.2, 0.25) is 0 Å². The lowest BCUT2D eigenvalue weighted by Crippen LogP contribution is -2.38. The first-order chi connectivity index (χ1) is 7.13. The van der Waals surface area contributed by atoms with E-state index in [2.05, 4.69) is 6.07 Å². The summed E-state index contributed by atoms with van der Waals surface area (Å²) in [7, 11) is 1.76. The molecule has 1 aliphatic rings. The molecule has 0 aliphatic carbocycles. The lowest BCUT2D eigenvalue weighted by Gasteiger charge is -2.35. The van der Waals surface area contributed by atoms with Gasteiger partial charge in [0.15, 0.2) is 6.30 Å². The van der Waals surface area contributed by atoms with E-state index in [-0.39, 0.29) is 5.92 Å². The fraction of sp³-hybridized carbons (Fsp3) is 0.417. The highest BCUT2D eigenvalue weighted by Crippen LogP contribution is 2.33. The third-order valence-corrected chi connectivity index (χ3v) is 2.97. The predicted molar refractivity (Wildman–Crippen MR) is 57.3 cm³/mol. The molecule has 2 atom stereocenters. The van der Waals surface area contributed by atoms with Crippen molar-refractivity contribution in [3.05, 3.63) is 29.3 Å². The number of nitrogens with zero attached hydrogens (tertiary/aromatic N) is 2. The Hall–Kier alpha value is -1.56. The van der Waals surface area contributed by atoms with Gasteiger partial charge in [0.05, 0.1) is 11.6 Å². The molecule has 2 nitrogen and oxygen atoms in total. The van der Waals surface area contributed by atoms with Gasteiger partial charge in [0.1, 0.15) is 0 Å². The third-order valence-electron chi connectivity index (χ3n) is 2.97. The third kappa shape index (κ3) is 1.56. The Morgan fingerprint density at radius 3 is 2.93 bits per heavy atom. The molecule has 0 bridgehead atoms. The van der Waals surface area contributed by atoms with Crippen molar-refractivity contribution in [3.8, 4) is 6.07 Å². The SMILES string of the molecule is CC1Cc2cc(C#N)ccc2N(C)[C@H]1F. The van der Waals surface area contributed by atoms with Crippen LogP contribution in [-0.4, -0.2) is 13.3 Å². The van der Waals surface area contributed by atoms with Crippen LogP contribution in [0.25, 0.3) is 0 Å². The Morgan fingerprint density at radius 1 is 1.53 bits per heavy atom. The van der Waals surface area contributed by atoms with Crippen LogP contribution in [-0.2, 0) is 6.42 Å². The van der Waals surface area contributed by atoms with E-state index in [1.807, 2.05) is 19.1 Å². The molecule has 0 radical (unpaired) electrons. The minimum atomic E-state index is -0.926. The summed E-state index contributed by atoms with van der Waals surface area (Å²) >= 11 is 0. The highest BCUT2D eigenvalue weighted by molar-refractivity contribution is 5.58. The van der Waals surface area contributed by atoms with Gasteiger partial charge in [-0.3, -0.25) is 0 Å². The van der Waals surface area contributed by atoms with Gasteiger partial charge in [-0.1, -0.05) is 6.92 Å². The molecule has 0 spiro atoms. The fourth-order valence-electron chi connectivity index (χ4n) is 2.12. The molecule has 1 unspecified atom stereocenters. The molecule has 0 amide bonds. The molecule has 0 aromatic heterocycles. The highest BCUT2D eigenvalue weighted by atomic mass is 19.1. The Kier molecular flexibility index (Phi) is 2.36. The van der Waals surface area contributed by atoms with E-state index in [1.54, 1.807) is 18.0 Å². The summed E-state index contributed by atoms with van der Waals surface area (Å²) in [5.41, 5.74) is 2.62. The average molecular weight is 204 g/mol. The molecule has 1 aromatic rings. The number of alkyl halides is 1. The molecule has 1 aliphatic heterocycles. The van der Waals surface area contributed by atoms with Crippen LogP contribution in [0.15, 0.2) is 18.2 Å². The van der Waals surface area contributed by atoms with Gasteiger partial charge in [-0.15, -0.1) is 0 Å². The molecule has 0 fully saturated rings. The van der Waals surface area contributed by atoms with Crippen LogP contribution in [0.2, 0.25) is 0 Å². The molecule has 2 rings (SSSR count). The van der Waals surface area contributed by atoms with Gasteiger partial charge in [0.25, 0.3) is 0 Å². The standard InChI is InChI=1S/C12H13FN2/c1-8-5-10-6-9(7-14)3-4-11(10)15(2)12(8)13/h3-4,6,8,12H,5H2,1-2H3/t8?,12-/m1/s1. The van der Waals surface area contributed by atoms with E-state index < -0.39 is 6.30 Å². The summed E-state index contributed by atoms with van der Waals surface area (Å²) in [5.74, 6) is -0.0172. The van der Waals surface area contributed by atoms with Crippen LogP contribution in [0.4, 0.5) is 10.1 Å². The van der Waals surface area contributed by atoms with Gasteiger partial charge >= 0.3 is 0 Å². The van der Waals surface area contributed by atoms with Crippen LogP contribution < -0.4 is 4.90 Å². The fourth-order valence-corrected chi connectivity index (χ4v) is 2.12. The smallest absolute Gasteiger partial charge is 0.175 e. The number of halogens is 1. The molecule has 15 heavy (non-hydrogen) atoms. The summed E-state index contributed by atoms with van der Waals surface area (Å²) in [6.45, 7) is 1.89. The number of fused-ring (bicyclic) bond motifs is 1. The van der Waals surface area contributed by atoms with E-state index in [9.17, 15) is 4.39 Å². The van der Waals surface area contributed by atoms with Crippen LogP contribution in [0.5, 0.6) is 0 Å². The average Bonchev–Trinajstić information content (AvgIpc) is 2.25. The highest BCUT2D eigenvalue weighted by Gasteiger charge is 2.29. The maximum Gasteiger partial charge on any atom is 0.175 e. The summed E-state index contributed by atoms with van der Waals surface area (Å²) in [6.07, 6.45) is -0.221. The monoisotopic (exact) mass is 204 g/mol. The van der Waals surface area contributed by atoms with E-state index >= 15 is 0 Å². The Bertz CT molecular complexity index is 422. The minimum Gasteiger partial charge on any atom is -0.345 e. The van der Waals surface area contributed by atoms with Crippen LogP contribution in [0.1, 0.15) is 18.1 Å². The molecular formula is C12H13FN2. The zero-order valence-electron chi connectivity index (χ0n) is 8.87. The molecule has 1 heterocycles. The van der Waals surface area contributed by atoms with Crippen molar-refractivity contribution in [1.82, 2.24) is 0 Å². The van der Waals surface area contributed by atoms with E-state index in [0.717, 1.165) is 11.3 Å². The molecule has 3 heteroatoms. The van der Waals surface area contributed by atoms with E-state index in [1.165, 1.54) is 0 Å². The minimum absolute atomic E-state index is 0.0172. The molecule has 0 saturated carbocycles. The summed E-state index contributed by atoms with van der Waals surface area (Å²) < 4.78 is 13.7. The quantitative estimate of drug-likeness (QED) is 0.607. The summed E-state index contributed by atoms with van der Waals surface area (Å²) in [4.78, 5) is 1.64. The first-order valence-corrected chi connectivity index (χ1v) is 5.03. The number of hydrogen-bond acceptors (Lipinski definition) is 2. The lowest BCUT2D eigenvalue weighted by atomic mass is 9.92. The number of hydrogen-bond donors (Lipinski definition) is 0. The molecular weight excluding hydrogens is 191 g/mol. The van der Waals surface area contributed by atoms with Gasteiger partial charge in [0, 0.05) is 18.7 Å². The van der Waals surface area contributed by atoms with Crippen molar-refractivity contribution in [3.63, 3.8) is 0 Å². The first-order valence-electron chi connectivity index (χ1n) is 5.03. The van der Waals surface area contributed by atoms with Crippen molar-refractivity contribution in [2.75, 3.05) is 11.9 Å². The second kappa shape index (κ2) is 3.54. The Morgan fingerprint density at radius 2 is 2.27 bits per heavy atom. The lowest BCUT2D eigenvalue weighted by molar-refractivity contribution is 0.228. The largest absolute Gasteiger partial charge is 0.345 e. The van der Waals surface area contributed by atoms with Crippen molar-refractivity contribution >= 4 is 5.69 Å². The second-order valence-corrected chi connectivity index (χ2v) is 4.12. The number of nitriles is 1. The van der Waals surface area contributed by atoms with Gasteiger partial charge < -0.3 is 4.90 Å². The number of rotatable bonds is 0. The Labute approximate surface area is 88.9 Å². The maximum absolute atomic E-state index is 13.7. The van der Waals surface area contributed by atoms with E-state index in [0.29, 0.717) is 12.0 Å². The zero-order chi connectivity index (χ0) is 11.0. The Balaban J connectivity index is 2.47. The zero-order valence-corrected chi connectivity index (χ0v) is 8.87. The predicted octanol–water partition coefficient (Wildman–Crippen LogP) is 2.48. The normalized spacial score (nSPS) is 24.5. The van der Waals surface area contributed by atoms with Gasteiger partial charge in [-0.2, -0.15) is 5.26 Å². The molecule has 0 saturated heterocycles. The van der Waals surface area contributed by atoms with Crippen LogP contribution in [0, 0.1) is 17.2 Å². The summed E-state index contributed by atoms with van der Waals surface area (Å²) in [5, 5.41) is 8.79. The molecule has 0 N–H and O–H groups in total. The van der Waals surface area contributed by atoms with Gasteiger partial charge in [-0.25, -0.2) is 4.39 Å². The second-order valence-electron chi connectivity index (χ2n) is 4.12. The van der Waals surface area contributed by atoms with Crippen molar-refractivity contribution in [1.29, 1.82) is 5.26 Å². The maximum atomic E-state index is 13.7.